The fourth-order valence-corrected chi connectivity index (χ4v) is 4.05. The minimum Gasteiger partial charge on any atom is -0.485 e. The first kappa shape index (κ1) is 18.7. The Morgan fingerprint density at radius 2 is 2.00 bits per heavy atom. The Balaban J connectivity index is 1.49. The lowest BCUT2D eigenvalue weighted by molar-refractivity contribution is 0.138. The Hall–Kier alpha value is -2.60. The Labute approximate surface area is 165 Å². The summed E-state index contributed by atoms with van der Waals surface area (Å²) in [7, 11) is 2.08. The minimum atomic E-state index is -0.248. The van der Waals surface area contributed by atoms with Crippen LogP contribution in [0.1, 0.15) is 19.7 Å². The summed E-state index contributed by atoms with van der Waals surface area (Å²) >= 11 is 0. The number of imidazole rings is 1. The van der Waals surface area contributed by atoms with Gasteiger partial charge in [-0.3, -0.25) is 4.90 Å². The second kappa shape index (κ2) is 7.80. The lowest BCUT2D eigenvalue weighted by atomic mass is 10.2. The van der Waals surface area contributed by atoms with Crippen LogP contribution in [0.15, 0.2) is 42.5 Å². The van der Waals surface area contributed by atoms with Gasteiger partial charge in [0.15, 0.2) is 0 Å². The van der Waals surface area contributed by atoms with E-state index in [9.17, 15) is 4.39 Å². The summed E-state index contributed by atoms with van der Waals surface area (Å²) in [5, 5.41) is 0. The lowest BCUT2D eigenvalue weighted by Gasteiger charge is -2.37. The summed E-state index contributed by atoms with van der Waals surface area (Å²) < 4.78 is 22.0. The first-order valence-electron chi connectivity index (χ1n) is 9.92. The van der Waals surface area contributed by atoms with Crippen LogP contribution in [-0.4, -0.2) is 47.2 Å². The predicted octanol–water partition coefficient (Wildman–Crippen LogP) is 3.91. The van der Waals surface area contributed by atoms with Crippen LogP contribution in [0, 0.1) is 5.82 Å². The van der Waals surface area contributed by atoms with Gasteiger partial charge in [-0.15, -0.1) is 0 Å². The molecule has 0 radical (unpaired) electrons. The molecule has 3 aromatic rings. The van der Waals surface area contributed by atoms with Crippen molar-refractivity contribution in [3.63, 3.8) is 0 Å². The number of nitrogens with zero attached hydrogens (tertiary/aromatic N) is 4. The van der Waals surface area contributed by atoms with Gasteiger partial charge in [0.1, 0.15) is 23.5 Å². The fourth-order valence-electron chi connectivity index (χ4n) is 4.05. The maximum Gasteiger partial charge on any atom is 0.143 e. The van der Waals surface area contributed by atoms with Gasteiger partial charge in [-0.25, -0.2) is 9.37 Å². The predicted molar refractivity (Wildman–Crippen MR) is 110 cm³/mol. The summed E-state index contributed by atoms with van der Waals surface area (Å²) in [5.74, 6) is 1.65. The zero-order valence-corrected chi connectivity index (χ0v) is 16.7. The molecular weight excluding hydrogens is 355 g/mol. The third-order valence-corrected chi connectivity index (χ3v) is 5.34. The van der Waals surface area contributed by atoms with Crippen LogP contribution in [0.2, 0.25) is 0 Å². The normalized spacial score (nSPS) is 16.5. The van der Waals surface area contributed by atoms with Crippen molar-refractivity contribution in [3.05, 3.63) is 54.1 Å². The second-order valence-corrected chi connectivity index (χ2v) is 7.35. The fraction of sp³-hybridized carbons (Fsp3) is 0.409. The molecule has 148 valence electrons. The molecule has 0 bridgehead atoms. The SMILES string of the molecule is CCN1C[C@H](CN(C)Cc2nc3cc(F)ccc3n2CC)Oc2ccccc21. The first-order valence-corrected chi connectivity index (χ1v) is 9.92. The average molecular weight is 382 g/mol. The van der Waals surface area contributed by atoms with Gasteiger partial charge < -0.3 is 14.2 Å². The van der Waals surface area contributed by atoms with Gasteiger partial charge in [0.05, 0.1) is 29.8 Å². The number of anilines is 1. The molecular formula is C22H27FN4O. The number of benzene rings is 2. The number of hydrogen-bond acceptors (Lipinski definition) is 4. The van der Waals surface area contributed by atoms with E-state index >= 15 is 0 Å². The lowest BCUT2D eigenvalue weighted by Crippen LogP contribution is -2.45. The van der Waals surface area contributed by atoms with Gasteiger partial charge in [-0.05, 0) is 45.2 Å². The third-order valence-electron chi connectivity index (χ3n) is 5.34. The van der Waals surface area contributed by atoms with Gasteiger partial charge in [0.25, 0.3) is 0 Å². The molecule has 0 unspecified atom stereocenters. The van der Waals surface area contributed by atoms with Gasteiger partial charge in [0.2, 0.25) is 0 Å². The van der Waals surface area contributed by atoms with E-state index in [0.717, 1.165) is 43.3 Å². The van der Waals surface area contributed by atoms with E-state index in [1.54, 1.807) is 0 Å². The molecule has 2 heterocycles. The highest BCUT2D eigenvalue weighted by Crippen LogP contribution is 2.33. The number of para-hydroxylation sites is 2. The average Bonchev–Trinajstić information content (AvgIpc) is 3.02. The molecule has 0 spiro atoms. The Morgan fingerprint density at radius 1 is 1.18 bits per heavy atom. The first-order chi connectivity index (χ1) is 13.6. The minimum absolute atomic E-state index is 0.0942. The topological polar surface area (TPSA) is 33.5 Å². The summed E-state index contributed by atoms with van der Waals surface area (Å²) in [6.07, 6.45) is 0.0942. The number of ether oxygens (including phenoxy) is 1. The molecule has 0 N–H and O–H groups in total. The van der Waals surface area contributed by atoms with Crippen molar-refractivity contribution in [2.24, 2.45) is 0 Å². The molecule has 6 heteroatoms. The van der Waals surface area contributed by atoms with Crippen molar-refractivity contribution in [3.8, 4) is 5.75 Å². The second-order valence-electron chi connectivity index (χ2n) is 7.35. The summed E-state index contributed by atoms with van der Waals surface area (Å²) in [5.41, 5.74) is 2.86. The van der Waals surface area contributed by atoms with Gasteiger partial charge in [0, 0.05) is 25.7 Å². The molecule has 5 nitrogen and oxygen atoms in total. The van der Waals surface area contributed by atoms with Crippen molar-refractivity contribution in [2.45, 2.75) is 33.0 Å². The number of hydrogen-bond donors (Lipinski definition) is 0. The number of likely N-dealkylation sites (N-methyl/N-ethyl adjacent to an activating group) is 2. The maximum atomic E-state index is 13.6. The van der Waals surface area contributed by atoms with E-state index in [4.69, 9.17) is 4.74 Å². The monoisotopic (exact) mass is 382 g/mol. The van der Waals surface area contributed by atoms with E-state index in [1.807, 2.05) is 18.2 Å². The molecule has 2 aromatic carbocycles. The maximum absolute atomic E-state index is 13.6. The molecule has 4 rings (SSSR count). The van der Waals surface area contributed by atoms with Crippen LogP contribution in [0.5, 0.6) is 5.75 Å². The van der Waals surface area contributed by atoms with Crippen molar-refractivity contribution < 1.29 is 9.13 Å². The number of rotatable bonds is 6. The third kappa shape index (κ3) is 3.56. The van der Waals surface area contributed by atoms with Crippen LogP contribution < -0.4 is 9.64 Å². The largest absolute Gasteiger partial charge is 0.485 e. The summed E-state index contributed by atoms with van der Waals surface area (Å²) in [6, 6.07) is 13.0. The van der Waals surface area contributed by atoms with Crippen molar-refractivity contribution in [1.82, 2.24) is 14.5 Å². The zero-order chi connectivity index (χ0) is 19.7. The molecule has 0 fully saturated rings. The number of halogens is 1. The Bertz CT molecular complexity index is 970. The van der Waals surface area contributed by atoms with Gasteiger partial charge in [-0.1, -0.05) is 12.1 Å². The van der Waals surface area contributed by atoms with E-state index in [-0.39, 0.29) is 11.9 Å². The number of fused-ring (bicyclic) bond motifs is 2. The van der Waals surface area contributed by atoms with Crippen LogP contribution in [-0.2, 0) is 13.1 Å². The molecule has 0 saturated carbocycles. The number of aromatic nitrogens is 2. The van der Waals surface area contributed by atoms with Gasteiger partial charge >= 0.3 is 0 Å². The number of aryl methyl sites for hydroxylation is 1. The van der Waals surface area contributed by atoms with Gasteiger partial charge in [-0.2, -0.15) is 0 Å². The standard InChI is InChI=1S/C22H27FN4O/c1-4-26-14-17(28-21-9-7-6-8-20(21)26)13-25(3)15-22-24-18-12-16(23)10-11-19(18)27(22)5-2/h6-12,17H,4-5,13-15H2,1-3H3/t17-/m0/s1. The zero-order valence-electron chi connectivity index (χ0n) is 16.7. The van der Waals surface area contributed by atoms with Crippen LogP contribution >= 0.6 is 0 Å². The molecule has 0 aliphatic carbocycles. The van der Waals surface area contributed by atoms with Crippen LogP contribution in [0.25, 0.3) is 11.0 Å². The molecule has 28 heavy (non-hydrogen) atoms. The highest BCUT2D eigenvalue weighted by atomic mass is 19.1. The molecule has 1 atom stereocenters. The van der Waals surface area contributed by atoms with E-state index in [1.165, 1.54) is 17.8 Å². The quantitative estimate of drug-likeness (QED) is 0.647. The Kier molecular flexibility index (Phi) is 5.22. The summed E-state index contributed by atoms with van der Waals surface area (Å²) in [4.78, 5) is 9.27. The molecule has 1 aliphatic heterocycles. The molecule has 0 saturated heterocycles. The van der Waals surface area contributed by atoms with Crippen molar-refractivity contribution in [1.29, 1.82) is 0 Å². The van der Waals surface area contributed by atoms with Crippen molar-refractivity contribution in [2.75, 3.05) is 31.6 Å². The van der Waals surface area contributed by atoms with E-state index < -0.39 is 0 Å². The molecule has 0 amide bonds. The van der Waals surface area contributed by atoms with E-state index in [2.05, 4.69) is 52.4 Å². The highest BCUT2D eigenvalue weighted by Gasteiger charge is 2.26. The highest BCUT2D eigenvalue weighted by molar-refractivity contribution is 5.76. The van der Waals surface area contributed by atoms with Crippen LogP contribution in [0.4, 0.5) is 10.1 Å². The Morgan fingerprint density at radius 3 is 2.79 bits per heavy atom. The molecule has 1 aliphatic rings. The van der Waals surface area contributed by atoms with Crippen molar-refractivity contribution >= 4 is 16.7 Å². The van der Waals surface area contributed by atoms with E-state index in [0.29, 0.717) is 12.1 Å². The molecule has 1 aromatic heterocycles. The van der Waals surface area contributed by atoms with Crippen LogP contribution in [0.3, 0.4) is 0 Å². The summed E-state index contributed by atoms with van der Waals surface area (Å²) in [6.45, 7) is 8.39. The smallest absolute Gasteiger partial charge is 0.143 e.